The average molecular weight is 431 g/mol. The summed E-state index contributed by atoms with van der Waals surface area (Å²) in [4.78, 5) is 24.0. The van der Waals surface area contributed by atoms with Crippen molar-refractivity contribution in [3.63, 3.8) is 0 Å². The maximum absolute atomic E-state index is 13.8. The standard InChI is InChI=1S/C22H26N2O5S/c1-13-9-14(2)16(4)21(15(13)3)30(27,28)24-11-18-8-6-5-7-17(18)10-19(24)22(26)29-12-20(23)25/h5-9,19H,10-12H2,1-4H3,(H2,23,25). The maximum atomic E-state index is 13.8. The molecule has 1 atom stereocenters. The Morgan fingerprint density at radius 2 is 1.63 bits per heavy atom. The van der Waals surface area contributed by atoms with Gasteiger partial charge in [0.25, 0.3) is 5.91 Å². The van der Waals surface area contributed by atoms with Crippen molar-refractivity contribution in [3.05, 3.63) is 63.7 Å². The Hall–Kier alpha value is -2.71. The summed E-state index contributed by atoms with van der Waals surface area (Å²) in [6.07, 6.45) is 0.163. The Kier molecular flexibility index (Phi) is 6.01. The topological polar surface area (TPSA) is 107 Å². The molecule has 0 spiro atoms. The minimum atomic E-state index is -4.03. The van der Waals surface area contributed by atoms with Crippen LogP contribution in [0.4, 0.5) is 0 Å². The van der Waals surface area contributed by atoms with Gasteiger partial charge >= 0.3 is 5.97 Å². The van der Waals surface area contributed by atoms with Crippen LogP contribution in [0.5, 0.6) is 0 Å². The van der Waals surface area contributed by atoms with Gasteiger partial charge in [-0.25, -0.2) is 8.42 Å². The summed E-state index contributed by atoms with van der Waals surface area (Å²) in [7, 11) is -4.03. The number of carbonyl (C=O) groups is 2. The molecule has 1 unspecified atom stereocenters. The Morgan fingerprint density at radius 1 is 1.07 bits per heavy atom. The van der Waals surface area contributed by atoms with Gasteiger partial charge in [-0.05, 0) is 61.1 Å². The van der Waals surface area contributed by atoms with Crippen LogP contribution in [0.1, 0.15) is 33.4 Å². The molecule has 1 aliphatic rings. The van der Waals surface area contributed by atoms with E-state index < -0.39 is 34.5 Å². The molecule has 30 heavy (non-hydrogen) atoms. The molecule has 2 N–H and O–H groups in total. The lowest BCUT2D eigenvalue weighted by atomic mass is 9.96. The summed E-state index contributed by atoms with van der Waals surface area (Å²) in [5.41, 5.74) is 9.82. The van der Waals surface area contributed by atoms with E-state index in [1.807, 2.05) is 44.2 Å². The number of benzene rings is 2. The first-order valence-electron chi connectivity index (χ1n) is 9.65. The summed E-state index contributed by atoms with van der Waals surface area (Å²) in [5.74, 6) is -1.58. The Morgan fingerprint density at radius 3 is 2.20 bits per heavy atom. The third-order valence-corrected chi connectivity index (χ3v) is 7.83. The highest BCUT2D eigenvalue weighted by Gasteiger charge is 2.42. The SMILES string of the molecule is Cc1cc(C)c(C)c(S(=O)(=O)N2Cc3ccccc3CC2C(=O)OCC(N)=O)c1C. The number of hydrogen-bond acceptors (Lipinski definition) is 5. The fraction of sp³-hybridized carbons (Fsp3) is 0.364. The quantitative estimate of drug-likeness (QED) is 0.731. The molecule has 0 radical (unpaired) electrons. The molecule has 0 saturated heterocycles. The summed E-state index contributed by atoms with van der Waals surface area (Å²) < 4.78 is 33.8. The van der Waals surface area contributed by atoms with E-state index in [0.717, 1.165) is 22.3 Å². The van der Waals surface area contributed by atoms with Crippen molar-refractivity contribution in [1.82, 2.24) is 4.31 Å². The summed E-state index contributed by atoms with van der Waals surface area (Å²) >= 11 is 0. The van der Waals surface area contributed by atoms with Crippen LogP contribution in [0.15, 0.2) is 35.2 Å². The predicted molar refractivity (Wildman–Crippen MR) is 112 cm³/mol. The van der Waals surface area contributed by atoms with Gasteiger partial charge in [-0.15, -0.1) is 0 Å². The second kappa shape index (κ2) is 8.20. The molecule has 8 heteroatoms. The first-order chi connectivity index (χ1) is 14.0. The van der Waals surface area contributed by atoms with E-state index in [9.17, 15) is 18.0 Å². The largest absolute Gasteiger partial charge is 0.454 e. The molecule has 2 aromatic carbocycles. The van der Waals surface area contributed by atoms with Crippen LogP contribution in [-0.4, -0.2) is 37.2 Å². The predicted octanol–water partition coefficient (Wildman–Crippen LogP) is 2.06. The van der Waals surface area contributed by atoms with Crippen LogP contribution in [0, 0.1) is 27.7 Å². The average Bonchev–Trinajstić information content (AvgIpc) is 2.69. The van der Waals surface area contributed by atoms with Gasteiger partial charge < -0.3 is 10.5 Å². The maximum Gasteiger partial charge on any atom is 0.325 e. The fourth-order valence-corrected chi connectivity index (χ4v) is 6.01. The Balaban J connectivity index is 2.12. The minimum absolute atomic E-state index is 0.0424. The summed E-state index contributed by atoms with van der Waals surface area (Å²) in [5, 5.41) is 0. The number of fused-ring (bicyclic) bond motifs is 1. The molecule has 1 heterocycles. The fourth-order valence-electron chi connectivity index (χ4n) is 3.88. The zero-order valence-corrected chi connectivity index (χ0v) is 18.4. The number of rotatable bonds is 5. The number of nitrogens with zero attached hydrogens (tertiary/aromatic N) is 1. The minimum Gasteiger partial charge on any atom is -0.454 e. The van der Waals surface area contributed by atoms with E-state index in [1.54, 1.807) is 13.8 Å². The number of esters is 1. The molecule has 1 aliphatic heterocycles. The molecule has 3 rings (SSSR count). The third-order valence-electron chi connectivity index (χ3n) is 5.70. The number of aryl methyl sites for hydroxylation is 2. The molecule has 1 amide bonds. The number of primary amides is 1. The number of amides is 1. The highest BCUT2D eigenvalue weighted by molar-refractivity contribution is 7.89. The highest BCUT2D eigenvalue weighted by Crippen LogP contribution is 2.34. The normalized spacial score (nSPS) is 16.7. The van der Waals surface area contributed by atoms with Crippen LogP contribution in [0.3, 0.4) is 0 Å². The van der Waals surface area contributed by atoms with Crippen LogP contribution < -0.4 is 5.73 Å². The number of sulfonamides is 1. The first kappa shape index (κ1) is 22.0. The Bertz CT molecular complexity index is 1100. The van der Waals surface area contributed by atoms with E-state index in [0.29, 0.717) is 11.1 Å². The lowest BCUT2D eigenvalue weighted by Crippen LogP contribution is -2.49. The van der Waals surface area contributed by atoms with E-state index >= 15 is 0 Å². The molecule has 0 fully saturated rings. The molecule has 0 saturated carbocycles. The van der Waals surface area contributed by atoms with Gasteiger partial charge in [-0.3, -0.25) is 9.59 Å². The van der Waals surface area contributed by atoms with Crippen molar-refractivity contribution in [3.8, 4) is 0 Å². The van der Waals surface area contributed by atoms with Gasteiger partial charge in [0.05, 0.1) is 4.90 Å². The molecule has 0 bridgehead atoms. The molecular formula is C22H26N2O5S. The van der Waals surface area contributed by atoms with E-state index in [2.05, 4.69) is 0 Å². The summed E-state index contributed by atoms with van der Waals surface area (Å²) in [6.45, 7) is 6.73. The van der Waals surface area contributed by atoms with E-state index in [-0.39, 0.29) is 17.9 Å². The second-order valence-electron chi connectivity index (χ2n) is 7.70. The second-order valence-corrected chi connectivity index (χ2v) is 9.53. The summed E-state index contributed by atoms with van der Waals surface area (Å²) in [6, 6.07) is 8.26. The zero-order chi connectivity index (χ0) is 22.2. The van der Waals surface area contributed by atoms with Gasteiger partial charge in [0, 0.05) is 13.0 Å². The number of carbonyl (C=O) groups excluding carboxylic acids is 2. The molecule has 0 aliphatic carbocycles. The lowest BCUT2D eigenvalue weighted by Gasteiger charge is -2.35. The monoisotopic (exact) mass is 430 g/mol. The molecular weight excluding hydrogens is 404 g/mol. The van der Waals surface area contributed by atoms with Crippen LogP contribution in [0.2, 0.25) is 0 Å². The van der Waals surface area contributed by atoms with Gasteiger partial charge in [-0.2, -0.15) is 4.31 Å². The van der Waals surface area contributed by atoms with Crippen molar-refractivity contribution in [2.45, 2.75) is 51.6 Å². The lowest BCUT2D eigenvalue weighted by molar-refractivity contribution is -0.152. The zero-order valence-electron chi connectivity index (χ0n) is 17.6. The van der Waals surface area contributed by atoms with Crippen molar-refractivity contribution < 1.29 is 22.7 Å². The highest BCUT2D eigenvalue weighted by atomic mass is 32.2. The Labute approximate surface area is 176 Å². The van der Waals surface area contributed by atoms with Gasteiger partial charge in [0.15, 0.2) is 6.61 Å². The number of ether oxygens (including phenoxy) is 1. The van der Waals surface area contributed by atoms with Crippen molar-refractivity contribution >= 4 is 21.9 Å². The van der Waals surface area contributed by atoms with Crippen LogP contribution in [0.25, 0.3) is 0 Å². The number of nitrogens with two attached hydrogens (primary N) is 1. The van der Waals surface area contributed by atoms with Crippen molar-refractivity contribution in [1.29, 1.82) is 0 Å². The third kappa shape index (κ3) is 3.97. The van der Waals surface area contributed by atoms with Crippen molar-refractivity contribution in [2.75, 3.05) is 6.61 Å². The van der Waals surface area contributed by atoms with Gasteiger partial charge in [0.2, 0.25) is 10.0 Å². The van der Waals surface area contributed by atoms with Crippen molar-refractivity contribution in [2.24, 2.45) is 5.73 Å². The van der Waals surface area contributed by atoms with E-state index in [4.69, 9.17) is 10.5 Å². The van der Waals surface area contributed by atoms with Crippen LogP contribution in [-0.2, 0) is 37.3 Å². The molecule has 2 aromatic rings. The van der Waals surface area contributed by atoms with Gasteiger partial charge in [-0.1, -0.05) is 30.3 Å². The van der Waals surface area contributed by atoms with E-state index in [1.165, 1.54) is 4.31 Å². The van der Waals surface area contributed by atoms with Crippen LogP contribution >= 0.6 is 0 Å². The molecule has 7 nitrogen and oxygen atoms in total. The molecule has 160 valence electrons. The first-order valence-corrected chi connectivity index (χ1v) is 11.1. The molecule has 0 aromatic heterocycles. The number of hydrogen-bond donors (Lipinski definition) is 1. The van der Waals surface area contributed by atoms with Gasteiger partial charge in [0.1, 0.15) is 6.04 Å². The smallest absolute Gasteiger partial charge is 0.325 e.